The molecule has 0 aromatic heterocycles. The van der Waals surface area contributed by atoms with Gasteiger partial charge in [-0.2, -0.15) is 0 Å². The zero-order chi connectivity index (χ0) is 13.1. The summed E-state index contributed by atoms with van der Waals surface area (Å²) in [6.07, 6.45) is 3.71. The Balaban J connectivity index is 1.94. The van der Waals surface area contributed by atoms with E-state index in [0.29, 0.717) is 16.5 Å². The van der Waals surface area contributed by atoms with Gasteiger partial charge in [0.15, 0.2) is 0 Å². The van der Waals surface area contributed by atoms with Gasteiger partial charge in [0.1, 0.15) is 0 Å². The van der Waals surface area contributed by atoms with Gasteiger partial charge in [-0.3, -0.25) is 4.79 Å². The predicted octanol–water partition coefficient (Wildman–Crippen LogP) is 4.27. The fourth-order valence-corrected chi connectivity index (χ4v) is 3.10. The highest BCUT2D eigenvalue weighted by Crippen LogP contribution is 2.30. The van der Waals surface area contributed by atoms with Crippen LogP contribution in [0, 0.1) is 11.8 Å². The molecule has 18 heavy (non-hydrogen) atoms. The minimum Gasteiger partial charge on any atom is -0.352 e. The second-order valence-electron chi connectivity index (χ2n) is 5.10. The first kappa shape index (κ1) is 13.9. The smallest absolute Gasteiger partial charge is 0.252 e. The van der Waals surface area contributed by atoms with Crippen molar-refractivity contribution in [3.05, 3.63) is 33.3 Å². The maximum Gasteiger partial charge on any atom is 0.252 e. The van der Waals surface area contributed by atoms with Gasteiger partial charge in [-0.25, -0.2) is 0 Å². The van der Waals surface area contributed by atoms with Gasteiger partial charge in [-0.05, 0) is 52.7 Å². The molecule has 1 aliphatic carbocycles. The molecule has 0 bridgehead atoms. The molecule has 0 radical (unpaired) electrons. The zero-order valence-electron chi connectivity index (χ0n) is 10.4. The van der Waals surface area contributed by atoms with Crippen LogP contribution in [-0.4, -0.2) is 12.5 Å². The van der Waals surface area contributed by atoms with Gasteiger partial charge in [-0.15, -0.1) is 0 Å². The average Bonchev–Trinajstić information content (AvgIpc) is 2.76. The van der Waals surface area contributed by atoms with Crippen LogP contribution >= 0.6 is 27.5 Å². The van der Waals surface area contributed by atoms with Crippen LogP contribution in [0.2, 0.25) is 5.02 Å². The first-order valence-corrected chi connectivity index (χ1v) is 7.47. The summed E-state index contributed by atoms with van der Waals surface area (Å²) < 4.78 is 0.756. The molecule has 4 heteroatoms. The third-order valence-corrected chi connectivity index (χ3v) is 4.85. The fourth-order valence-electron chi connectivity index (χ4n) is 2.52. The van der Waals surface area contributed by atoms with Crippen molar-refractivity contribution < 1.29 is 4.79 Å². The Morgan fingerprint density at radius 1 is 1.50 bits per heavy atom. The number of hydrogen-bond donors (Lipinski definition) is 1. The van der Waals surface area contributed by atoms with E-state index >= 15 is 0 Å². The van der Waals surface area contributed by atoms with E-state index in [4.69, 9.17) is 11.6 Å². The van der Waals surface area contributed by atoms with Crippen molar-refractivity contribution >= 4 is 33.4 Å². The van der Waals surface area contributed by atoms with Crippen LogP contribution in [0.4, 0.5) is 0 Å². The molecule has 1 aromatic carbocycles. The van der Waals surface area contributed by atoms with Crippen molar-refractivity contribution in [3.63, 3.8) is 0 Å². The second kappa shape index (κ2) is 6.07. The average molecular weight is 331 g/mol. The van der Waals surface area contributed by atoms with Crippen molar-refractivity contribution in [2.24, 2.45) is 11.8 Å². The molecule has 1 fully saturated rings. The molecular formula is C14H17BrClNO. The first-order chi connectivity index (χ1) is 8.58. The summed E-state index contributed by atoms with van der Waals surface area (Å²) in [6, 6.07) is 5.40. The van der Waals surface area contributed by atoms with Crippen LogP contribution < -0.4 is 5.32 Å². The van der Waals surface area contributed by atoms with Gasteiger partial charge >= 0.3 is 0 Å². The minimum atomic E-state index is -0.0825. The largest absolute Gasteiger partial charge is 0.352 e. The van der Waals surface area contributed by atoms with Gasteiger partial charge < -0.3 is 5.32 Å². The standard InChI is InChI=1S/C14H17BrClNO/c1-9-5-6-10(7-9)8-17-14(18)11-3-2-4-12(15)13(11)16/h2-4,9-10H,5-8H2,1H3,(H,17,18). The van der Waals surface area contributed by atoms with E-state index in [1.54, 1.807) is 6.07 Å². The molecule has 1 N–H and O–H groups in total. The molecule has 0 saturated heterocycles. The maximum atomic E-state index is 12.0. The number of hydrogen-bond acceptors (Lipinski definition) is 1. The summed E-state index contributed by atoms with van der Waals surface area (Å²) in [5.41, 5.74) is 0.539. The van der Waals surface area contributed by atoms with Crippen molar-refractivity contribution in [2.75, 3.05) is 6.54 Å². The molecule has 98 valence electrons. The Hall–Kier alpha value is -0.540. The highest BCUT2D eigenvalue weighted by Gasteiger charge is 2.22. The molecule has 1 aliphatic rings. The second-order valence-corrected chi connectivity index (χ2v) is 6.33. The van der Waals surface area contributed by atoms with Crippen molar-refractivity contribution in [3.8, 4) is 0 Å². The molecular weight excluding hydrogens is 314 g/mol. The highest BCUT2D eigenvalue weighted by atomic mass is 79.9. The Bertz CT molecular complexity index is 449. The molecule has 0 aliphatic heterocycles. The lowest BCUT2D eigenvalue weighted by Crippen LogP contribution is -2.28. The summed E-state index contributed by atoms with van der Waals surface area (Å²) >= 11 is 9.43. The number of rotatable bonds is 3. The van der Waals surface area contributed by atoms with Crippen LogP contribution in [-0.2, 0) is 0 Å². The van der Waals surface area contributed by atoms with Crippen molar-refractivity contribution in [1.82, 2.24) is 5.32 Å². The molecule has 2 atom stereocenters. The van der Waals surface area contributed by atoms with Crippen LogP contribution in [0.1, 0.15) is 36.5 Å². The first-order valence-electron chi connectivity index (χ1n) is 6.30. The van der Waals surface area contributed by atoms with E-state index in [-0.39, 0.29) is 5.91 Å². The molecule has 0 spiro atoms. The molecule has 1 amide bonds. The number of halogens is 2. The van der Waals surface area contributed by atoms with Crippen molar-refractivity contribution in [1.29, 1.82) is 0 Å². The maximum absolute atomic E-state index is 12.0. The van der Waals surface area contributed by atoms with E-state index in [1.807, 2.05) is 12.1 Å². The van der Waals surface area contributed by atoms with Gasteiger partial charge in [0.2, 0.25) is 0 Å². The normalized spacial score (nSPS) is 23.1. The Morgan fingerprint density at radius 2 is 2.28 bits per heavy atom. The van der Waals surface area contributed by atoms with E-state index in [1.165, 1.54) is 19.3 Å². The van der Waals surface area contributed by atoms with Crippen LogP contribution in [0.15, 0.2) is 22.7 Å². The molecule has 0 heterocycles. The third kappa shape index (κ3) is 3.27. The third-order valence-electron chi connectivity index (χ3n) is 3.55. The van der Waals surface area contributed by atoms with Crippen LogP contribution in [0.25, 0.3) is 0 Å². The van der Waals surface area contributed by atoms with E-state index < -0.39 is 0 Å². The monoisotopic (exact) mass is 329 g/mol. The fraction of sp³-hybridized carbons (Fsp3) is 0.500. The topological polar surface area (TPSA) is 29.1 Å². The Morgan fingerprint density at radius 3 is 2.94 bits per heavy atom. The number of benzene rings is 1. The number of carbonyl (C=O) groups is 1. The van der Waals surface area contributed by atoms with Crippen LogP contribution in [0.3, 0.4) is 0 Å². The van der Waals surface area contributed by atoms with Gasteiger partial charge in [-0.1, -0.05) is 31.0 Å². The summed E-state index contributed by atoms with van der Waals surface area (Å²) in [5, 5.41) is 3.47. The predicted molar refractivity (Wildman–Crippen MR) is 78.0 cm³/mol. The summed E-state index contributed by atoms with van der Waals surface area (Å²) in [7, 11) is 0. The number of amides is 1. The zero-order valence-corrected chi connectivity index (χ0v) is 12.7. The highest BCUT2D eigenvalue weighted by molar-refractivity contribution is 9.10. The lowest BCUT2D eigenvalue weighted by atomic mass is 10.1. The molecule has 2 unspecified atom stereocenters. The SMILES string of the molecule is CC1CCC(CNC(=O)c2cccc(Br)c2Cl)C1. The molecule has 1 saturated carbocycles. The quantitative estimate of drug-likeness (QED) is 0.881. The summed E-state index contributed by atoms with van der Waals surface area (Å²) in [4.78, 5) is 12.0. The molecule has 2 rings (SSSR count). The van der Waals surface area contributed by atoms with Gasteiger partial charge in [0, 0.05) is 11.0 Å². The summed E-state index contributed by atoms with van der Waals surface area (Å²) in [5.74, 6) is 1.33. The van der Waals surface area contributed by atoms with E-state index in [2.05, 4.69) is 28.2 Å². The van der Waals surface area contributed by atoms with E-state index in [0.717, 1.165) is 16.9 Å². The van der Waals surface area contributed by atoms with Gasteiger partial charge in [0.05, 0.1) is 10.6 Å². The number of carbonyl (C=O) groups excluding carboxylic acids is 1. The summed E-state index contributed by atoms with van der Waals surface area (Å²) in [6.45, 7) is 3.03. The van der Waals surface area contributed by atoms with E-state index in [9.17, 15) is 4.79 Å². The molecule has 2 nitrogen and oxygen atoms in total. The minimum absolute atomic E-state index is 0.0825. The Labute approximate surface area is 121 Å². The molecule has 1 aromatic rings. The number of nitrogens with one attached hydrogen (secondary N) is 1. The lowest BCUT2D eigenvalue weighted by molar-refractivity contribution is 0.0947. The Kier molecular flexibility index (Phi) is 4.68. The lowest BCUT2D eigenvalue weighted by Gasteiger charge is -2.12. The van der Waals surface area contributed by atoms with Crippen molar-refractivity contribution in [2.45, 2.75) is 26.2 Å². The van der Waals surface area contributed by atoms with Crippen LogP contribution in [0.5, 0.6) is 0 Å². The van der Waals surface area contributed by atoms with Gasteiger partial charge in [0.25, 0.3) is 5.91 Å².